The lowest BCUT2D eigenvalue weighted by Gasteiger charge is -2.16. The Morgan fingerprint density at radius 1 is 1.16 bits per heavy atom. The fraction of sp³-hybridized carbons (Fsp3) is 0.133. The summed E-state index contributed by atoms with van der Waals surface area (Å²) in [7, 11) is 0. The molecule has 7 nitrogen and oxygen atoms in total. The van der Waals surface area contributed by atoms with Crippen LogP contribution in [0.1, 0.15) is 5.56 Å². The zero-order chi connectivity index (χ0) is 18.4. The fourth-order valence-corrected chi connectivity index (χ4v) is 2.54. The molecular weight excluding hydrogens is 343 g/mol. The van der Waals surface area contributed by atoms with E-state index in [1.165, 1.54) is 29.1 Å². The van der Waals surface area contributed by atoms with Crippen LogP contribution in [0.3, 0.4) is 0 Å². The number of fused-ring (bicyclic) bond motifs is 1. The minimum atomic E-state index is -4.72. The third-order valence-electron chi connectivity index (χ3n) is 3.57. The number of carbonyl (C=O) groups is 1. The molecule has 2 N–H and O–H groups in total. The minimum Gasteiger partial charge on any atom is -0.480 e. The van der Waals surface area contributed by atoms with E-state index in [1.807, 2.05) is 0 Å². The summed E-state index contributed by atoms with van der Waals surface area (Å²) >= 11 is 0. The number of nitrogens with one attached hydrogen (secondary N) is 1. The number of alkyl halides is 3. The van der Waals surface area contributed by atoms with E-state index in [1.54, 1.807) is 0 Å². The average Bonchev–Trinajstić information content (AvgIpc) is 3.04. The standard InChI is InChI=1S/C15H10F3N3O4/c16-15(17,18)8-5-9-11(6-10(8)20-3-1-2-4-20)21(7-12(22)23)14(25)13(24)19-9/h1-6H,7H2,(H,19,24)(H,22,23). The Balaban J connectivity index is 2.45. The molecule has 0 aliphatic rings. The van der Waals surface area contributed by atoms with Gasteiger partial charge < -0.3 is 14.7 Å². The van der Waals surface area contributed by atoms with Crippen LogP contribution in [0, 0.1) is 0 Å². The molecule has 0 atom stereocenters. The molecule has 3 rings (SSSR count). The highest BCUT2D eigenvalue weighted by Crippen LogP contribution is 2.35. The second-order valence-corrected chi connectivity index (χ2v) is 5.21. The van der Waals surface area contributed by atoms with Gasteiger partial charge in [0.15, 0.2) is 0 Å². The molecule has 0 fully saturated rings. The quantitative estimate of drug-likeness (QED) is 0.699. The van der Waals surface area contributed by atoms with Crippen LogP contribution < -0.4 is 11.1 Å². The maximum Gasteiger partial charge on any atom is 0.418 e. The highest BCUT2D eigenvalue weighted by atomic mass is 19.4. The van der Waals surface area contributed by atoms with E-state index in [0.29, 0.717) is 10.6 Å². The molecule has 2 aromatic heterocycles. The van der Waals surface area contributed by atoms with Gasteiger partial charge in [-0.1, -0.05) is 0 Å². The summed E-state index contributed by atoms with van der Waals surface area (Å²) in [4.78, 5) is 36.6. The molecule has 25 heavy (non-hydrogen) atoms. The van der Waals surface area contributed by atoms with Crippen molar-refractivity contribution < 1.29 is 23.1 Å². The molecule has 0 aliphatic heterocycles. The Labute approximate surface area is 136 Å². The predicted molar refractivity (Wildman–Crippen MR) is 80.8 cm³/mol. The lowest BCUT2D eigenvalue weighted by atomic mass is 10.1. The molecule has 0 spiro atoms. The summed E-state index contributed by atoms with van der Waals surface area (Å²) in [6.45, 7) is -0.851. The Hall–Kier alpha value is -3.30. The van der Waals surface area contributed by atoms with E-state index in [4.69, 9.17) is 5.11 Å². The minimum absolute atomic E-state index is 0.122. The Morgan fingerprint density at radius 2 is 1.80 bits per heavy atom. The van der Waals surface area contributed by atoms with Crippen LogP contribution >= 0.6 is 0 Å². The smallest absolute Gasteiger partial charge is 0.418 e. The SMILES string of the molecule is O=C(O)Cn1c(=O)c(=O)[nH]c2cc(C(F)(F)F)c(-n3cccc3)cc21. The molecule has 2 heterocycles. The number of aromatic nitrogens is 3. The second kappa shape index (κ2) is 5.65. The van der Waals surface area contributed by atoms with Gasteiger partial charge in [0, 0.05) is 12.4 Å². The van der Waals surface area contributed by atoms with Gasteiger partial charge in [-0.25, -0.2) is 0 Å². The third kappa shape index (κ3) is 2.93. The van der Waals surface area contributed by atoms with E-state index in [9.17, 15) is 27.6 Å². The van der Waals surface area contributed by atoms with Crippen LogP contribution in [0.25, 0.3) is 16.7 Å². The van der Waals surface area contributed by atoms with Crippen molar-refractivity contribution in [2.24, 2.45) is 0 Å². The zero-order valence-corrected chi connectivity index (χ0v) is 12.4. The van der Waals surface area contributed by atoms with E-state index >= 15 is 0 Å². The van der Waals surface area contributed by atoms with Crippen LogP contribution in [0.15, 0.2) is 46.2 Å². The number of hydrogen-bond acceptors (Lipinski definition) is 3. The molecule has 0 saturated heterocycles. The summed E-state index contributed by atoms with van der Waals surface area (Å²) < 4.78 is 42.0. The number of benzene rings is 1. The summed E-state index contributed by atoms with van der Waals surface area (Å²) in [6, 6.07) is 4.74. The van der Waals surface area contributed by atoms with Crippen molar-refractivity contribution in [2.75, 3.05) is 0 Å². The number of carboxylic acid groups (broad SMARTS) is 1. The molecule has 3 aromatic rings. The van der Waals surface area contributed by atoms with Crippen LogP contribution in [0.5, 0.6) is 0 Å². The van der Waals surface area contributed by atoms with Crippen LogP contribution in [0.2, 0.25) is 0 Å². The number of aliphatic carboxylic acids is 1. The molecule has 1 aromatic carbocycles. The summed E-state index contributed by atoms with van der Waals surface area (Å²) in [5, 5.41) is 8.92. The van der Waals surface area contributed by atoms with Gasteiger partial charge in [-0.2, -0.15) is 13.2 Å². The van der Waals surface area contributed by atoms with E-state index in [0.717, 1.165) is 6.07 Å². The van der Waals surface area contributed by atoms with E-state index < -0.39 is 35.4 Å². The number of aromatic amines is 1. The Bertz CT molecular complexity index is 1080. The molecule has 0 bridgehead atoms. The van der Waals surface area contributed by atoms with Gasteiger partial charge in [-0.3, -0.25) is 19.0 Å². The highest BCUT2D eigenvalue weighted by Gasteiger charge is 2.35. The summed E-state index contributed by atoms with van der Waals surface area (Å²) in [5.74, 6) is -1.41. The first kappa shape index (κ1) is 16.6. The number of halogens is 3. The third-order valence-corrected chi connectivity index (χ3v) is 3.57. The largest absolute Gasteiger partial charge is 0.480 e. The molecule has 10 heteroatoms. The zero-order valence-electron chi connectivity index (χ0n) is 12.4. The number of rotatable bonds is 3. The first-order valence-corrected chi connectivity index (χ1v) is 6.91. The number of H-pyrrole nitrogens is 1. The molecule has 0 radical (unpaired) electrons. The average molecular weight is 353 g/mol. The molecule has 0 saturated carbocycles. The molecule has 0 unspecified atom stereocenters. The predicted octanol–water partition coefficient (Wildman–Crippen LogP) is 1.58. The molecule has 0 aliphatic carbocycles. The van der Waals surface area contributed by atoms with Crippen molar-refractivity contribution in [3.63, 3.8) is 0 Å². The van der Waals surface area contributed by atoms with Crippen molar-refractivity contribution >= 4 is 17.0 Å². The van der Waals surface area contributed by atoms with E-state index in [2.05, 4.69) is 4.98 Å². The summed E-state index contributed by atoms with van der Waals surface area (Å²) in [5.41, 5.74) is -4.09. The number of carboxylic acids is 1. The van der Waals surface area contributed by atoms with E-state index in [-0.39, 0.29) is 16.7 Å². The topological polar surface area (TPSA) is 97.1 Å². The first-order valence-electron chi connectivity index (χ1n) is 6.91. The fourth-order valence-electron chi connectivity index (χ4n) is 2.54. The van der Waals surface area contributed by atoms with Gasteiger partial charge in [0.25, 0.3) is 0 Å². The van der Waals surface area contributed by atoms with Crippen molar-refractivity contribution in [2.45, 2.75) is 12.7 Å². The summed E-state index contributed by atoms with van der Waals surface area (Å²) in [6.07, 6.45) is -1.97. The number of hydrogen-bond donors (Lipinski definition) is 2. The Morgan fingerprint density at radius 3 is 2.36 bits per heavy atom. The van der Waals surface area contributed by atoms with Gasteiger partial charge in [0.05, 0.1) is 22.3 Å². The maximum atomic E-state index is 13.4. The van der Waals surface area contributed by atoms with Gasteiger partial charge in [-0.05, 0) is 24.3 Å². The van der Waals surface area contributed by atoms with Crippen molar-refractivity contribution in [3.05, 3.63) is 62.9 Å². The highest BCUT2D eigenvalue weighted by molar-refractivity contribution is 5.80. The normalized spacial score (nSPS) is 11.8. The monoisotopic (exact) mass is 353 g/mol. The molecular formula is C15H10F3N3O4. The van der Waals surface area contributed by atoms with Crippen molar-refractivity contribution in [3.8, 4) is 5.69 Å². The van der Waals surface area contributed by atoms with Gasteiger partial charge in [0.2, 0.25) is 0 Å². The van der Waals surface area contributed by atoms with Gasteiger partial charge in [0.1, 0.15) is 6.54 Å². The maximum absolute atomic E-state index is 13.4. The van der Waals surface area contributed by atoms with Crippen LogP contribution in [-0.2, 0) is 17.5 Å². The molecule has 0 amide bonds. The second-order valence-electron chi connectivity index (χ2n) is 5.21. The van der Waals surface area contributed by atoms with Crippen molar-refractivity contribution in [1.29, 1.82) is 0 Å². The van der Waals surface area contributed by atoms with Crippen molar-refractivity contribution in [1.82, 2.24) is 14.1 Å². The van der Waals surface area contributed by atoms with Gasteiger partial charge in [-0.15, -0.1) is 0 Å². The lowest BCUT2D eigenvalue weighted by molar-refractivity contribution is -0.138. The first-order chi connectivity index (χ1) is 11.7. The van der Waals surface area contributed by atoms with Gasteiger partial charge >= 0.3 is 23.3 Å². The van der Waals surface area contributed by atoms with Crippen LogP contribution in [0.4, 0.5) is 13.2 Å². The Kier molecular flexibility index (Phi) is 3.74. The molecule has 130 valence electrons. The van der Waals surface area contributed by atoms with Crippen LogP contribution in [-0.4, -0.2) is 25.2 Å². The number of nitrogens with zero attached hydrogens (tertiary/aromatic N) is 2. The lowest BCUT2D eigenvalue weighted by Crippen LogP contribution is -2.38.